The second-order valence-electron chi connectivity index (χ2n) is 10.0. The minimum atomic E-state index is -1.10. The van der Waals surface area contributed by atoms with E-state index in [0.29, 0.717) is 17.8 Å². The number of rotatable bonds is 4. The number of carbonyl (C=O) groups is 2. The Morgan fingerprint density at radius 1 is 1.12 bits per heavy atom. The molecule has 1 aliphatic heterocycles. The van der Waals surface area contributed by atoms with E-state index in [0.717, 1.165) is 42.5 Å². The van der Waals surface area contributed by atoms with Crippen molar-refractivity contribution in [2.24, 2.45) is 0 Å². The molecule has 0 saturated heterocycles. The maximum atomic E-state index is 13.9. The summed E-state index contributed by atoms with van der Waals surface area (Å²) >= 11 is 0. The van der Waals surface area contributed by atoms with Gasteiger partial charge in [-0.2, -0.15) is 0 Å². The van der Waals surface area contributed by atoms with E-state index in [9.17, 15) is 14.0 Å². The number of amides is 2. The average molecular weight is 466 g/mol. The molecule has 1 saturated carbocycles. The van der Waals surface area contributed by atoms with Crippen molar-refractivity contribution in [3.8, 4) is 0 Å². The van der Waals surface area contributed by atoms with Crippen LogP contribution in [0, 0.1) is 12.7 Å². The quantitative estimate of drug-likeness (QED) is 0.567. The van der Waals surface area contributed by atoms with Gasteiger partial charge in [-0.05, 0) is 44.4 Å². The lowest BCUT2D eigenvalue weighted by atomic mass is 9.91. The zero-order valence-corrected chi connectivity index (χ0v) is 19.9. The van der Waals surface area contributed by atoms with Crippen LogP contribution in [0.4, 0.5) is 4.39 Å². The van der Waals surface area contributed by atoms with Crippen LogP contribution >= 0.6 is 0 Å². The summed E-state index contributed by atoms with van der Waals surface area (Å²) in [5.41, 5.74) is 1.66. The Labute approximate surface area is 199 Å². The standard InChI is InChI=1S/C27H32FN3O3/c1-18-14-22-24(34-18)15-23-25(32)31(16-19-10-12-20(28)13-11-19)27(2,17-30(22)23)26(33)29-21-8-6-4-3-5-7-9-21/h10-15,21H,3-9,16-17H2,1-2H3,(H,29,33)/t27-/m1/s1. The van der Waals surface area contributed by atoms with Crippen molar-refractivity contribution in [1.82, 2.24) is 14.8 Å². The number of furan rings is 1. The molecule has 180 valence electrons. The van der Waals surface area contributed by atoms with Crippen molar-refractivity contribution in [3.05, 3.63) is 59.2 Å². The average Bonchev–Trinajstić information content (AvgIpc) is 3.31. The molecule has 2 amide bonds. The summed E-state index contributed by atoms with van der Waals surface area (Å²) in [5, 5.41) is 3.29. The first-order chi connectivity index (χ1) is 16.3. The van der Waals surface area contributed by atoms with Crippen molar-refractivity contribution >= 4 is 22.9 Å². The highest BCUT2D eigenvalue weighted by Gasteiger charge is 2.48. The molecule has 7 heteroatoms. The molecule has 1 N–H and O–H groups in total. The summed E-state index contributed by atoms with van der Waals surface area (Å²) in [4.78, 5) is 29.3. The SMILES string of the molecule is Cc1cc2c(cc3n2C[C@](C)(C(=O)NC2CCCCCCC2)N(Cc2ccc(F)cc2)C3=O)o1. The van der Waals surface area contributed by atoms with Crippen LogP contribution < -0.4 is 5.32 Å². The number of fused-ring (bicyclic) bond motifs is 3. The predicted molar refractivity (Wildman–Crippen MR) is 128 cm³/mol. The molecule has 5 rings (SSSR count). The van der Waals surface area contributed by atoms with Gasteiger partial charge in [0.15, 0.2) is 5.58 Å². The number of benzene rings is 1. The van der Waals surface area contributed by atoms with Gasteiger partial charge in [0.25, 0.3) is 5.91 Å². The Bertz CT molecular complexity index is 1200. The zero-order chi connectivity index (χ0) is 23.9. The largest absolute Gasteiger partial charge is 0.460 e. The lowest BCUT2D eigenvalue weighted by Gasteiger charge is -2.44. The van der Waals surface area contributed by atoms with E-state index >= 15 is 0 Å². The molecule has 0 spiro atoms. The van der Waals surface area contributed by atoms with Gasteiger partial charge in [-0.25, -0.2) is 4.39 Å². The summed E-state index contributed by atoms with van der Waals surface area (Å²) in [6.07, 6.45) is 7.80. The molecule has 1 fully saturated rings. The molecule has 1 aromatic carbocycles. The Kier molecular flexibility index (Phi) is 5.96. The molecule has 2 aromatic heterocycles. The summed E-state index contributed by atoms with van der Waals surface area (Å²) in [7, 11) is 0. The van der Waals surface area contributed by atoms with Crippen molar-refractivity contribution in [1.29, 1.82) is 0 Å². The van der Waals surface area contributed by atoms with Crippen LogP contribution in [0.15, 0.2) is 40.8 Å². The summed E-state index contributed by atoms with van der Waals surface area (Å²) < 4.78 is 21.2. The number of hydrogen-bond acceptors (Lipinski definition) is 3. The Morgan fingerprint density at radius 2 is 1.79 bits per heavy atom. The van der Waals surface area contributed by atoms with Crippen molar-refractivity contribution in [3.63, 3.8) is 0 Å². The van der Waals surface area contributed by atoms with E-state index in [2.05, 4.69) is 5.32 Å². The monoisotopic (exact) mass is 465 g/mol. The number of aryl methyl sites for hydroxylation is 1. The van der Waals surface area contributed by atoms with Gasteiger partial charge in [-0.15, -0.1) is 0 Å². The van der Waals surface area contributed by atoms with Crippen LogP contribution in [0.3, 0.4) is 0 Å². The predicted octanol–water partition coefficient (Wildman–Crippen LogP) is 5.33. The van der Waals surface area contributed by atoms with Crippen LogP contribution in [-0.2, 0) is 17.9 Å². The van der Waals surface area contributed by atoms with Crippen LogP contribution in [0.5, 0.6) is 0 Å². The summed E-state index contributed by atoms with van der Waals surface area (Å²) in [6, 6.07) is 9.89. The second-order valence-corrected chi connectivity index (χ2v) is 10.0. The van der Waals surface area contributed by atoms with Crippen molar-refractivity contribution < 1.29 is 18.4 Å². The Hall–Kier alpha value is -3.09. The molecule has 6 nitrogen and oxygen atoms in total. The number of nitrogens with zero attached hydrogens (tertiary/aromatic N) is 2. The van der Waals surface area contributed by atoms with Gasteiger partial charge >= 0.3 is 0 Å². The van der Waals surface area contributed by atoms with Crippen LogP contribution in [0.25, 0.3) is 11.1 Å². The molecule has 1 atom stereocenters. The molecular formula is C27H32FN3O3. The van der Waals surface area contributed by atoms with E-state index in [1.165, 1.54) is 31.4 Å². The van der Waals surface area contributed by atoms with Gasteiger partial charge in [0.05, 0.1) is 12.1 Å². The first kappa shape index (κ1) is 22.7. The maximum absolute atomic E-state index is 13.9. The molecule has 1 aliphatic carbocycles. The molecular weight excluding hydrogens is 433 g/mol. The van der Waals surface area contributed by atoms with Crippen LogP contribution in [0.2, 0.25) is 0 Å². The molecule has 34 heavy (non-hydrogen) atoms. The van der Waals surface area contributed by atoms with Crippen molar-refractivity contribution in [2.75, 3.05) is 0 Å². The number of hydrogen-bond donors (Lipinski definition) is 1. The minimum absolute atomic E-state index is 0.120. The van der Waals surface area contributed by atoms with E-state index < -0.39 is 5.54 Å². The van der Waals surface area contributed by atoms with Gasteiger partial charge in [0.2, 0.25) is 5.91 Å². The Morgan fingerprint density at radius 3 is 2.50 bits per heavy atom. The molecule has 0 radical (unpaired) electrons. The lowest BCUT2D eigenvalue weighted by molar-refractivity contribution is -0.134. The second kappa shape index (κ2) is 8.93. The minimum Gasteiger partial charge on any atom is -0.460 e. The number of aromatic nitrogens is 1. The van der Waals surface area contributed by atoms with E-state index in [1.54, 1.807) is 23.1 Å². The third kappa shape index (κ3) is 4.12. The van der Waals surface area contributed by atoms with E-state index in [1.807, 2.05) is 24.5 Å². The number of nitrogens with one attached hydrogen (secondary N) is 1. The summed E-state index contributed by atoms with van der Waals surface area (Å²) in [5.74, 6) is 0.0708. The highest BCUT2D eigenvalue weighted by atomic mass is 19.1. The van der Waals surface area contributed by atoms with E-state index in [4.69, 9.17) is 4.42 Å². The number of carbonyl (C=O) groups excluding carboxylic acids is 2. The van der Waals surface area contributed by atoms with Crippen LogP contribution in [0.1, 0.15) is 73.7 Å². The van der Waals surface area contributed by atoms with Gasteiger partial charge in [0, 0.05) is 24.7 Å². The number of halogens is 1. The highest BCUT2D eigenvalue weighted by molar-refractivity contribution is 6.03. The van der Waals surface area contributed by atoms with E-state index in [-0.39, 0.29) is 30.2 Å². The third-order valence-corrected chi connectivity index (χ3v) is 7.42. The Balaban J connectivity index is 1.50. The topological polar surface area (TPSA) is 67.5 Å². The smallest absolute Gasteiger partial charge is 0.271 e. The van der Waals surface area contributed by atoms with Crippen LogP contribution in [-0.4, -0.2) is 32.9 Å². The fourth-order valence-electron chi connectivity index (χ4n) is 5.42. The third-order valence-electron chi connectivity index (χ3n) is 7.42. The van der Waals surface area contributed by atoms with Crippen molar-refractivity contribution in [2.45, 2.75) is 83.5 Å². The summed E-state index contributed by atoms with van der Waals surface area (Å²) in [6.45, 7) is 4.27. The van der Waals surface area contributed by atoms with Gasteiger partial charge in [-0.1, -0.05) is 44.2 Å². The molecule has 2 aliphatic rings. The fraction of sp³-hybridized carbons (Fsp3) is 0.481. The van der Waals surface area contributed by atoms with Gasteiger partial charge < -0.3 is 19.2 Å². The van der Waals surface area contributed by atoms with Gasteiger partial charge in [0.1, 0.15) is 22.8 Å². The normalized spacial score (nSPS) is 21.9. The highest BCUT2D eigenvalue weighted by Crippen LogP contribution is 2.35. The first-order valence-electron chi connectivity index (χ1n) is 12.3. The molecule has 0 unspecified atom stereocenters. The first-order valence-corrected chi connectivity index (χ1v) is 12.3. The lowest BCUT2D eigenvalue weighted by Crippen LogP contribution is -2.64. The molecule has 3 heterocycles. The zero-order valence-electron chi connectivity index (χ0n) is 19.9. The van der Waals surface area contributed by atoms with Gasteiger partial charge in [-0.3, -0.25) is 9.59 Å². The fourth-order valence-corrected chi connectivity index (χ4v) is 5.42. The molecule has 3 aromatic rings. The molecule has 0 bridgehead atoms. The maximum Gasteiger partial charge on any atom is 0.271 e.